The van der Waals surface area contributed by atoms with Crippen LogP contribution in [0.4, 0.5) is 4.79 Å². The lowest BCUT2D eigenvalue weighted by molar-refractivity contribution is -0.136. The molecule has 1 aliphatic rings. The highest BCUT2D eigenvalue weighted by atomic mass is 79.9. The molecule has 0 bridgehead atoms. The number of aliphatic hydroxyl groups is 1. The van der Waals surface area contributed by atoms with Crippen molar-refractivity contribution in [2.24, 2.45) is 5.10 Å². The Morgan fingerprint density at radius 2 is 1.91 bits per heavy atom. The van der Waals surface area contributed by atoms with Gasteiger partial charge in [0, 0.05) is 20.8 Å². The Labute approximate surface area is 279 Å². The van der Waals surface area contributed by atoms with Gasteiger partial charge in [-0.3, -0.25) is 5.43 Å². The fraction of sp³-hybridized carbons (Fsp3) is 0.281. The summed E-state index contributed by atoms with van der Waals surface area (Å²) in [7, 11) is 2.81. The van der Waals surface area contributed by atoms with E-state index in [4.69, 9.17) is 35.3 Å². The average Bonchev–Trinajstić information content (AvgIpc) is 3.02. The first-order valence-corrected chi connectivity index (χ1v) is 15.3. The first-order chi connectivity index (χ1) is 22.1. The summed E-state index contributed by atoms with van der Waals surface area (Å²) in [4.78, 5) is 24.7. The van der Waals surface area contributed by atoms with E-state index in [1.54, 1.807) is 43.3 Å². The lowest BCUT2D eigenvalue weighted by Gasteiger charge is -2.28. The summed E-state index contributed by atoms with van der Waals surface area (Å²) in [5.74, 6) is 1.05. The third-order valence-electron chi connectivity index (χ3n) is 6.64. The predicted molar refractivity (Wildman–Crippen MR) is 175 cm³/mol. The molecular weight excluding hydrogens is 684 g/mol. The minimum atomic E-state index is -1.20. The van der Waals surface area contributed by atoms with Crippen LogP contribution in [0, 0.1) is 0 Å². The van der Waals surface area contributed by atoms with Crippen LogP contribution in [0.15, 0.2) is 75.4 Å². The zero-order chi connectivity index (χ0) is 33.2. The van der Waals surface area contributed by atoms with E-state index in [1.165, 1.54) is 20.4 Å². The smallest absolute Gasteiger partial charge is 0.337 e. The highest BCUT2D eigenvalue weighted by Gasteiger charge is 2.32. The number of amides is 2. The number of aliphatic hydroxyl groups excluding tert-OH is 1. The van der Waals surface area contributed by atoms with Gasteiger partial charge in [0.1, 0.15) is 13.2 Å². The Balaban J connectivity index is 1.44. The first kappa shape index (κ1) is 34.4. The number of ether oxygens (including phenoxy) is 5. The Morgan fingerprint density at radius 1 is 1.11 bits per heavy atom. The third kappa shape index (κ3) is 8.83. The number of carbonyl (C=O) groups excluding carboxylic acids is 2. The van der Waals surface area contributed by atoms with Crippen molar-refractivity contribution in [2.45, 2.75) is 32.7 Å². The van der Waals surface area contributed by atoms with Gasteiger partial charge in [0.25, 0.3) is 0 Å². The third-order valence-corrected chi connectivity index (χ3v) is 7.33. The number of benzene rings is 3. The molecule has 0 radical (unpaired) electrons. The molecule has 3 aromatic rings. The minimum Gasteiger partial charge on any atom is -0.493 e. The van der Waals surface area contributed by atoms with Gasteiger partial charge in [0.2, 0.25) is 0 Å². The van der Waals surface area contributed by atoms with Crippen molar-refractivity contribution in [3.05, 3.63) is 92.1 Å². The van der Waals surface area contributed by atoms with Gasteiger partial charge >= 0.3 is 12.0 Å². The molecule has 0 saturated heterocycles. The second-order valence-electron chi connectivity index (χ2n) is 9.86. The molecule has 0 fully saturated rings. The molecule has 0 aromatic heterocycles. The number of esters is 1. The van der Waals surface area contributed by atoms with Crippen molar-refractivity contribution >= 4 is 45.7 Å². The predicted octanol–water partition coefficient (Wildman–Crippen LogP) is 5.21. The van der Waals surface area contributed by atoms with Gasteiger partial charge in [0.05, 0.1) is 38.7 Å². The molecule has 3 aromatic carbocycles. The number of carbonyl (C=O) groups is 2. The minimum absolute atomic E-state index is 0.187. The van der Waals surface area contributed by atoms with Crippen LogP contribution in [-0.4, -0.2) is 57.0 Å². The molecule has 12 nitrogen and oxygen atoms in total. The van der Waals surface area contributed by atoms with E-state index in [0.29, 0.717) is 51.5 Å². The van der Waals surface area contributed by atoms with Crippen LogP contribution in [-0.2, 0) is 16.1 Å². The molecule has 14 heteroatoms. The van der Waals surface area contributed by atoms with Crippen molar-refractivity contribution in [3.8, 4) is 23.0 Å². The Bertz CT molecular complexity index is 1630. The van der Waals surface area contributed by atoms with E-state index in [1.807, 2.05) is 25.1 Å². The summed E-state index contributed by atoms with van der Waals surface area (Å²) in [5.41, 5.74) is 5.32. The van der Waals surface area contributed by atoms with E-state index in [9.17, 15) is 14.7 Å². The van der Waals surface area contributed by atoms with E-state index >= 15 is 0 Å². The maximum atomic E-state index is 12.5. The lowest BCUT2D eigenvalue weighted by Crippen LogP contribution is -2.45. The van der Waals surface area contributed by atoms with E-state index in [0.717, 1.165) is 10.0 Å². The number of nitrogens with zero attached hydrogens (tertiary/aromatic N) is 1. The SMILES string of the molecule is CCOc1cc([C@@H]2NC(=O)NC(C)=C2C(=O)OC)ccc1OC[C@H](O)N/N=C/c1cc(Br)cc(OC)c1OCc1cccc(Cl)c1. The highest BCUT2D eigenvalue weighted by molar-refractivity contribution is 9.10. The molecule has 2 atom stereocenters. The molecule has 244 valence electrons. The lowest BCUT2D eigenvalue weighted by atomic mass is 9.95. The zero-order valence-corrected chi connectivity index (χ0v) is 27.9. The number of nitrogens with one attached hydrogen (secondary N) is 3. The summed E-state index contributed by atoms with van der Waals surface area (Å²) in [6.45, 7) is 3.81. The van der Waals surface area contributed by atoms with Gasteiger partial charge in [-0.15, -0.1) is 0 Å². The average molecular weight is 718 g/mol. The van der Waals surface area contributed by atoms with Crippen molar-refractivity contribution in [1.29, 1.82) is 0 Å². The second-order valence-corrected chi connectivity index (χ2v) is 11.2. The summed E-state index contributed by atoms with van der Waals surface area (Å²) in [5, 5.41) is 20.7. The number of hydrogen-bond donors (Lipinski definition) is 4. The molecule has 4 N–H and O–H groups in total. The van der Waals surface area contributed by atoms with Crippen molar-refractivity contribution in [1.82, 2.24) is 16.1 Å². The molecule has 0 aliphatic carbocycles. The van der Waals surface area contributed by atoms with E-state index in [2.05, 4.69) is 37.1 Å². The zero-order valence-electron chi connectivity index (χ0n) is 25.6. The van der Waals surface area contributed by atoms with Crippen LogP contribution in [0.5, 0.6) is 23.0 Å². The Kier molecular flexibility index (Phi) is 12.1. The second kappa shape index (κ2) is 16.2. The number of allylic oxidation sites excluding steroid dienone is 1. The maximum absolute atomic E-state index is 12.5. The Hall–Kier alpha value is -4.46. The molecule has 0 unspecified atom stereocenters. The monoisotopic (exact) mass is 716 g/mol. The van der Waals surface area contributed by atoms with Crippen LogP contribution in [0.1, 0.15) is 36.6 Å². The van der Waals surface area contributed by atoms with Gasteiger partial charge in [-0.25, -0.2) is 9.59 Å². The number of hydrazone groups is 1. The molecule has 4 rings (SSSR count). The van der Waals surface area contributed by atoms with Crippen LogP contribution < -0.4 is 35.0 Å². The molecule has 0 saturated carbocycles. The van der Waals surface area contributed by atoms with E-state index in [-0.39, 0.29) is 18.8 Å². The molecular formula is C32H34BrClN4O8. The molecule has 0 spiro atoms. The topological polar surface area (TPSA) is 149 Å². The van der Waals surface area contributed by atoms with Gasteiger partial charge in [-0.2, -0.15) is 5.10 Å². The number of halogens is 2. The first-order valence-electron chi connectivity index (χ1n) is 14.1. The molecule has 2 amide bonds. The number of urea groups is 1. The van der Waals surface area contributed by atoms with Crippen molar-refractivity contribution in [2.75, 3.05) is 27.4 Å². The van der Waals surface area contributed by atoms with Crippen LogP contribution in [0.2, 0.25) is 5.02 Å². The highest BCUT2D eigenvalue weighted by Crippen LogP contribution is 2.36. The number of hydrogen-bond acceptors (Lipinski definition) is 10. The maximum Gasteiger partial charge on any atom is 0.337 e. The quantitative estimate of drug-likeness (QED) is 0.0764. The van der Waals surface area contributed by atoms with Crippen molar-refractivity contribution < 1.29 is 38.4 Å². The Morgan fingerprint density at radius 3 is 2.63 bits per heavy atom. The largest absolute Gasteiger partial charge is 0.493 e. The molecule has 1 aliphatic heterocycles. The van der Waals surface area contributed by atoms with Gasteiger partial charge < -0.3 is 39.4 Å². The van der Waals surface area contributed by atoms with E-state index < -0.39 is 24.3 Å². The number of methoxy groups -OCH3 is 2. The standard InChI is InChI=1S/C32H34BrClN4O8/c1-5-44-25-13-20(29-28(31(40)43-4)18(2)36-32(41)37-29)9-10-24(25)45-17-27(39)38-35-15-21-12-22(33)14-26(42-3)30(21)46-16-19-7-6-8-23(34)11-19/h6-15,27,29,38-39H,5,16-17H2,1-4H3,(H2,36,37,41)/b35-15+/t27-,29-/m0/s1. The normalized spacial score (nSPS) is 15.1. The van der Waals surface area contributed by atoms with Crippen LogP contribution in [0.3, 0.4) is 0 Å². The summed E-state index contributed by atoms with van der Waals surface area (Å²) in [6, 6.07) is 14.7. The molecule has 1 heterocycles. The summed E-state index contributed by atoms with van der Waals surface area (Å²) >= 11 is 9.57. The van der Waals surface area contributed by atoms with Crippen LogP contribution in [0.25, 0.3) is 0 Å². The van der Waals surface area contributed by atoms with Crippen molar-refractivity contribution in [3.63, 3.8) is 0 Å². The van der Waals surface area contributed by atoms with Crippen LogP contribution >= 0.6 is 27.5 Å². The fourth-order valence-electron chi connectivity index (χ4n) is 4.59. The summed E-state index contributed by atoms with van der Waals surface area (Å²) in [6.07, 6.45) is 0.293. The van der Waals surface area contributed by atoms with Gasteiger partial charge in [0.15, 0.2) is 29.2 Å². The molecule has 46 heavy (non-hydrogen) atoms. The fourth-order valence-corrected chi connectivity index (χ4v) is 5.26. The van der Waals surface area contributed by atoms with Gasteiger partial charge in [-0.1, -0.05) is 45.7 Å². The van der Waals surface area contributed by atoms with Gasteiger partial charge in [-0.05, 0) is 61.4 Å². The number of rotatable bonds is 14. The summed E-state index contributed by atoms with van der Waals surface area (Å²) < 4.78 is 28.8.